The molecule has 2 aromatic carbocycles. The van der Waals surface area contributed by atoms with Crippen LogP contribution in [0.3, 0.4) is 0 Å². The first kappa shape index (κ1) is 14.1. The number of benzene rings is 2. The maximum Gasteiger partial charge on any atom is 0.119 e. The van der Waals surface area contributed by atoms with Crippen LogP contribution in [0.4, 0.5) is 0 Å². The molecule has 0 spiro atoms. The summed E-state index contributed by atoms with van der Waals surface area (Å²) >= 11 is 3.49. The van der Waals surface area contributed by atoms with Crippen molar-refractivity contribution in [2.75, 3.05) is 6.61 Å². The van der Waals surface area contributed by atoms with Crippen molar-refractivity contribution in [3.63, 3.8) is 0 Å². The number of halogens is 1. The molecule has 0 aromatic heterocycles. The fourth-order valence-corrected chi connectivity index (χ4v) is 2.46. The largest absolute Gasteiger partial charge is 0.494 e. The first-order chi connectivity index (χ1) is 9.11. The minimum atomic E-state index is -0.658. The van der Waals surface area contributed by atoms with Gasteiger partial charge in [0.25, 0.3) is 0 Å². The maximum atomic E-state index is 10.5. The number of hydrogen-bond acceptors (Lipinski definition) is 2. The lowest BCUT2D eigenvalue weighted by Gasteiger charge is -2.15. The molecule has 0 saturated heterocycles. The van der Waals surface area contributed by atoms with E-state index in [0.29, 0.717) is 6.61 Å². The molecule has 0 aliphatic heterocycles. The number of ether oxygens (including phenoxy) is 1. The van der Waals surface area contributed by atoms with Crippen LogP contribution in [0.2, 0.25) is 0 Å². The van der Waals surface area contributed by atoms with Gasteiger partial charge in [-0.05, 0) is 43.2 Å². The van der Waals surface area contributed by atoms with E-state index in [1.165, 1.54) is 0 Å². The topological polar surface area (TPSA) is 29.5 Å². The van der Waals surface area contributed by atoms with Crippen LogP contribution in [0, 0.1) is 6.92 Å². The Kier molecular flexibility index (Phi) is 4.61. The zero-order valence-electron chi connectivity index (χ0n) is 11.1. The van der Waals surface area contributed by atoms with Crippen molar-refractivity contribution in [1.82, 2.24) is 0 Å². The molecular weight excluding hydrogens is 304 g/mol. The summed E-state index contributed by atoms with van der Waals surface area (Å²) in [4.78, 5) is 0. The molecule has 1 N–H and O–H groups in total. The van der Waals surface area contributed by atoms with E-state index in [1.54, 1.807) is 0 Å². The molecule has 0 bridgehead atoms. The number of rotatable bonds is 4. The molecule has 0 amide bonds. The zero-order valence-corrected chi connectivity index (χ0v) is 12.6. The Morgan fingerprint density at radius 2 is 2.00 bits per heavy atom. The predicted molar refractivity (Wildman–Crippen MR) is 80.6 cm³/mol. The normalized spacial score (nSPS) is 12.2. The summed E-state index contributed by atoms with van der Waals surface area (Å²) in [5.74, 6) is 0.780. The minimum Gasteiger partial charge on any atom is -0.494 e. The SMILES string of the molecule is CCOc1cccc(C(O)c2cc(C)ccc2Br)c1. The third kappa shape index (κ3) is 3.37. The van der Waals surface area contributed by atoms with Crippen molar-refractivity contribution < 1.29 is 9.84 Å². The van der Waals surface area contributed by atoms with Crippen LogP contribution in [0.15, 0.2) is 46.9 Å². The van der Waals surface area contributed by atoms with Crippen molar-refractivity contribution in [3.05, 3.63) is 63.6 Å². The number of aryl methyl sites for hydroxylation is 1. The van der Waals surface area contributed by atoms with Gasteiger partial charge in [-0.3, -0.25) is 0 Å². The van der Waals surface area contributed by atoms with Gasteiger partial charge in [0.05, 0.1) is 6.61 Å². The van der Waals surface area contributed by atoms with E-state index in [1.807, 2.05) is 56.3 Å². The lowest BCUT2D eigenvalue weighted by Crippen LogP contribution is -2.02. The zero-order chi connectivity index (χ0) is 13.8. The molecule has 0 aliphatic carbocycles. The molecule has 0 radical (unpaired) electrons. The highest BCUT2D eigenvalue weighted by Crippen LogP contribution is 2.30. The fraction of sp³-hybridized carbons (Fsp3) is 0.250. The molecule has 2 nitrogen and oxygen atoms in total. The van der Waals surface area contributed by atoms with Gasteiger partial charge in [0.15, 0.2) is 0 Å². The van der Waals surface area contributed by atoms with E-state index in [2.05, 4.69) is 15.9 Å². The van der Waals surface area contributed by atoms with Crippen LogP contribution in [-0.2, 0) is 0 Å². The number of aliphatic hydroxyl groups is 1. The van der Waals surface area contributed by atoms with Gasteiger partial charge in [0, 0.05) is 4.47 Å². The standard InChI is InChI=1S/C16H17BrO2/c1-3-19-13-6-4-5-12(10-13)16(18)14-9-11(2)7-8-15(14)17/h4-10,16,18H,3H2,1-2H3. The predicted octanol–water partition coefficient (Wildman–Crippen LogP) is 4.24. The summed E-state index contributed by atoms with van der Waals surface area (Å²) in [5, 5.41) is 10.5. The molecule has 0 saturated carbocycles. The summed E-state index contributed by atoms with van der Waals surface area (Å²) in [6.07, 6.45) is -0.658. The molecule has 1 atom stereocenters. The van der Waals surface area contributed by atoms with Crippen molar-refractivity contribution >= 4 is 15.9 Å². The smallest absolute Gasteiger partial charge is 0.119 e. The Morgan fingerprint density at radius 1 is 1.21 bits per heavy atom. The van der Waals surface area contributed by atoms with Gasteiger partial charge in [-0.1, -0.05) is 45.8 Å². The molecule has 2 rings (SSSR count). The van der Waals surface area contributed by atoms with Crippen LogP contribution in [0.5, 0.6) is 5.75 Å². The van der Waals surface area contributed by atoms with Gasteiger partial charge in [0.2, 0.25) is 0 Å². The molecule has 0 fully saturated rings. The van der Waals surface area contributed by atoms with Crippen molar-refractivity contribution in [2.45, 2.75) is 20.0 Å². The molecule has 19 heavy (non-hydrogen) atoms. The summed E-state index contributed by atoms with van der Waals surface area (Å²) in [7, 11) is 0. The van der Waals surface area contributed by atoms with E-state index >= 15 is 0 Å². The second-order valence-corrected chi connectivity index (χ2v) is 5.29. The summed E-state index contributed by atoms with van der Waals surface area (Å²) in [5.41, 5.74) is 2.82. The van der Waals surface area contributed by atoms with E-state index in [4.69, 9.17) is 4.74 Å². The van der Waals surface area contributed by atoms with E-state index < -0.39 is 6.10 Å². The molecule has 0 heterocycles. The molecule has 2 aromatic rings. The quantitative estimate of drug-likeness (QED) is 0.913. The van der Waals surface area contributed by atoms with Crippen LogP contribution >= 0.6 is 15.9 Å². The van der Waals surface area contributed by atoms with Gasteiger partial charge in [-0.15, -0.1) is 0 Å². The van der Waals surface area contributed by atoms with Crippen LogP contribution in [0.25, 0.3) is 0 Å². The first-order valence-electron chi connectivity index (χ1n) is 6.28. The minimum absolute atomic E-state index is 0.619. The second kappa shape index (κ2) is 6.22. The van der Waals surface area contributed by atoms with Gasteiger partial charge in [0.1, 0.15) is 11.9 Å². The van der Waals surface area contributed by atoms with Crippen molar-refractivity contribution in [1.29, 1.82) is 0 Å². The van der Waals surface area contributed by atoms with Gasteiger partial charge in [-0.2, -0.15) is 0 Å². The Labute approximate surface area is 122 Å². The van der Waals surface area contributed by atoms with Gasteiger partial charge < -0.3 is 9.84 Å². The first-order valence-corrected chi connectivity index (χ1v) is 7.08. The number of aliphatic hydroxyl groups excluding tert-OH is 1. The average molecular weight is 321 g/mol. The Morgan fingerprint density at radius 3 is 2.74 bits per heavy atom. The molecule has 100 valence electrons. The van der Waals surface area contributed by atoms with E-state index in [0.717, 1.165) is 26.9 Å². The van der Waals surface area contributed by atoms with Gasteiger partial charge >= 0.3 is 0 Å². The molecule has 3 heteroatoms. The highest BCUT2D eigenvalue weighted by atomic mass is 79.9. The monoisotopic (exact) mass is 320 g/mol. The Bertz CT molecular complexity index is 566. The lowest BCUT2D eigenvalue weighted by molar-refractivity contribution is 0.218. The summed E-state index contributed by atoms with van der Waals surface area (Å²) in [6.45, 7) is 4.58. The van der Waals surface area contributed by atoms with Gasteiger partial charge in [-0.25, -0.2) is 0 Å². The maximum absolute atomic E-state index is 10.5. The summed E-state index contributed by atoms with van der Waals surface area (Å²) in [6, 6.07) is 13.5. The second-order valence-electron chi connectivity index (χ2n) is 4.43. The van der Waals surface area contributed by atoms with E-state index in [9.17, 15) is 5.11 Å². The molecule has 0 aliphatic rings. The molecule has 1 unspecified atom stereocenters. The average Bonchev–Trinajstić information content (AvgIpc) is 2.41. The number of hydrogen-bond donors (Lipinski definition) is 1. The third-order valence-electron chi connectivity index (χ3n) is 2.93. The highest BCUT2D eigenvalue weighted by Gasteiger charge is 2.14. The highest BCUT2D eigenvalue weighted by molar-refractivity contribution is 9.10. The third-order valence-corrected chi connectivity index (χ3v) is 3.65. The lowest BCUT2D eigenvalue weighted by atomic mass is 10.00. The Balaban J connectivity index is 2.35. The van der Waals surface area contributed by atoms with Crippen molar-refractivity contribution in [3.8, 4) is 5.75 Å². The van der Waals surface area contributed by atoms with Crippen LogP contribution < -0.4 is 4.74 Å². The van der Waals surface area contributed by atoms with Crippen LogP contribution in [0.1, 0.15) is 29.7 Å². The fourth-order valence-electron chi connectivity index (χ4n) is 1.99. The van der Waals surface area contributed by atoms with Crippen LogP contribution in [-0.4, -0.2) is 11.7 Å². The molecular formula is C16H17BrO2. The van der Waals surface area contributed by atoms with E-state index in [-0.39, 0.29) is 0 Å². The Hall–Kier alpha value is -1.32. The summed E-state index contributed by atoms with van der Waals surface area (Å²) < 4.78 is 6.37. The van der Waals surface area contributed by atoms with Crippen molar-refractivity contribution in [2.24, 2.45) is 0 Å².